The molecule has 31 heavy (non-hydrogen) atoms. The Kier molecular flexibility index (Phi) is 4.42. The first kappa shape index (κ1) is 19.5. The van der Waals surface area contributed by atoms with Crippen LogP contribution in [-0.2, 0) is 0 Å². The standard InChI is InChI=1S/C24H14F3N3S/c25-24(26,27)22-29-30(19-13-11-16(15-28)12-14-19)23(31-22)20(17-7-3-1-4-8-17)21(23)18-9-5-2-6-10-18/h1-14H. The second kappa shape index (κ2) is 7.03. The van der Waals surface area contributed by atoms with Crippen LogP contribution in [-0.4, -0.2) is 16.1 Å². The molecule has 1 heterocycles. The minimum absolute atomic E-state index is 0.431. The van der Waals surface area contributed by atoms with Gasteiger partial charge in [0.25, 0.3) is 0 Å². The molecule has 7 heteroatoms. The van der Waals surface area contributed by atoms with E-state index in [0.29, 0.717) is 23.0 Å². The molecule has 0 radical (unpaired) electrons. The second-order valence-corrected chi connectivity index (χ2v) is 8.28. The summed E-state index contributed by atoms with van der Waals surface area (Å²) < 4.78 is 41.3. The molecule has 1 spiro atoms. The molecule has 0 saturated carbocycles. The van der Waals surface area contributed by atoms with E-state index in [1.54, 1.807) is 24.3 Å². The van der Waals surface area contributed by atoms with Gasteiger partial charge in [-0.15, -0.1) is 0 Å². The maximum Gasteiger partial charge on any atom is 0.441 e. The minimum Gasteiger partial charge on any atom is -0.239 e. The Morgan fingerprint density at radius 2 is 1.32 bits per heavy atom. The summed E-state index contributed by atoms with van der Waals surface area (Å²) in [4.78, 5) is -1.10. The normalized spacial score (nSPS) is 17.0. The Bertz CT molecular complexity index is 1190. The number of benzene rings is 3. The van der Waals surface area contributed by atoms with Crippen LogP contribution in [0.25, 0.3) is 11.1 Å². The van der Waals surface area contributed by atoms with Crippen molar-refractivity contribution in [3.63, 3.8) is 0 Å². The van der Waals surface area contributed by atoms with Crippen LogP contribution < -0.4 is 5.01 Å². The maximum atomic E-state index is 13.8. The van der Waals surface area contributed by atoms with E-state index in [0.717, 1.165) is 22.3 Å². The first-order valence-electron chi connectivity index (χ1n) is 9.46. The average molecular weight is 433 g/mol. The van der Waals surface area contributed by atoms with E-state index >= 15 is 0 Å². The summed E-state index contributed by atoms with van der Waals surface area (Å²) in [7, 11) is 0. The molecule has 0 saturated heterocycles. The fourth-order valence-corrected chi connectivity index (χ4v) is 5.20. The van der Waals surface area contributed by atoms with Crippen molar-refractivity contribution in [2.24, 2.45) is 5.10 Å². The van der Waals surface area contributed by atoms with Crippen LogP contribution in [0.4, 0.5) is 18.9 Å². The molecule has 0 amide bonds. The quantitative estimate of drug-likeness (QED) is 0.486. The minimum atomic E-state index is -4.56. The van der Waals surface area contributed by atoms with Gasteiger partial charge in [-0.1, -0.05) is 72.4 Å². The van der Waals surface area contributed by atoms with Gasteiger partial charge in [0, 0.05) is 11.1 Å². The summed E-state index contributed by atoms with van der Waals surface area (Å²) in [6, 6.07) is 27.3. The highest BCUT2D eigenvalue weighted by Gasteiger charge is 2.66. The lowest BCUT2D eigenvalue weighted by Gasteiger charge is -2.26. The number of nitriles is 1. The Balaban J connectivity index is 1.69. The molecule has 0 bridgehead atoms. The SMILES string of the molecule is N#Cc1ccc(N2N=C(C(F)(F)F)SC23C(c2ccccc2)=C3c2ccccc2)cc1. The summed E-state index contributed by atoms with van der Waals surface area (Å²) in [5, 5.41) is 13.6. The number of nitrogens with zero attached hydrogens (tertiary/aromatic N) is 3. The lowest BCUT2D eigenvalue weighted by Crippen LogP contribution is -2.30. The van der Waals surface area contributed by atoms with Crippen LogP contribution in [0.15, 0.2) is 90.0 Å². The maximum absolute atomic E-state index is 13.8. The second-order valence-electron chi connectivity index (χ2n) is 7.10. The van der Waals surface area contributed by atoms with Gasteiger partial charge in [0.1, 0.15) is 0 Å². The first-order chi connectivity index (χ1) is 14.9. The first-order valence-corrected chi connectivity index (χ1v) is 10.3. The smallest absolute Gasteiger partial charge is 0.239 e. The van der Waals surface area contributed by atoms with E-state index in [-0.39, 0.29) is 0 Å². The van der Waals surface area contributed by atoms with E-state index in [1.165, 1.54) is 5.01 Å². The number of halogens is 3. The monoisotopic (exact) mass is 433 g/mol. The Labute approximate surface area is 181 Å². The van der Waals surface area contributed by atoms with Gasteiger partial charge in [0.05, 0.1) is 17.3 Å². The molecule has 1 aliphatic heterocycles. The van der Waals surface area contributed by atoms with Crippen LogP contribution in [0, 0.1) is 11.3 Å². The molecule has 3 aromatic rings. The predicted octanol–water partition coefficient (Wildman–Crippen LogP) is 6.31. The zero-order chi connectivity index (χ0) is 21.6. The van der Waals surface area contributed by atoms with E-state index in [4.69, 9.17) is 5.26 Å². The highest BCUT2D eigenvalue weighted by molar-refractivity contribution is 8.16. The van der Waals surface area contributed by atoms with Gasteiger partial charge in [-0.2, -0.15) is 23.5 Å². The molecule has 0 unspecified atom stereocenters. The molecule has 5 rings (SSSR count). The van der Waals surface area contributed by atoms with Crippen molar-refractivity contribution in [3.8, 4) is 6.07 Å². The van der Waals surface area contributed by atoms with Crippen molar-refractivity contribution in [1.82, 2.24) is 0 Å². The van der Waals surface area contributed by atoms with Gasteiger partial charge in [0.15, 0.2) is 4.87 Å². The molecule has 2 aliphatic rings. The van der Waals surface area contributed by atoms with Gasteiger partial charge >= 0.3 is 6.18 Å². The summed E-state index contributed by atoms with van der Waals surface area (Å²) in [6.07, 6.45) is -4.56. The largest absolute Gasteiger partial charge is 0.441 e. The van der Waals surface area contributed by atoms with Crippen LogP contribution in [0.3, 0.4) is 0 Å². The van der Waals surface area contributed by atoms with Crippen LogP contribution in [0.2, 0.25) is 0 Å². The molecule has 3 aromatic carbocycles. The lowest BCUT2D eigenvalue weighted by molar-refractivity contribution is -0.0554. The molecule has 1 aliphatic carbocycles. The summed E-state index contributed by atoms with van der Waals surface area (Å²) in [5.74, 6) is 0. The van der Waals surface area contributed by atoms with Crippen molar-refractivity contribution in [1.29, 1.82) is 5.26 Å². The van der Waals surface area contributed by atoms with Crippen molar-refractivity contribution in [2.75, 3.05) is 5.01 Å². The zero-order valence-corrected chi connectivity index (χ0v) is 16.8. The number of hydrogen-bond acceptors (Lipinski definition) is 4. The Morgan fingerprint density at radius 1 is 0.806 bits per heavy atom. The predicted molar refractivity (Wildman–Crippen MR) is 117 cm³/mol. The van der Waals surface area contributed by atoms with Crippen molar-refractivity contribution < 1.29 is 13.2 Å². The van der Waals surface area contributed by atoms with Crippen molar-refractivity contribution >= 4 is 33.6 Å². The fraction of sp³-hybridized carbons (Fsp3) is 0.0833. The third-order valence-electron chi connectivity index (χ3n) is 5.21. The van der Waals surface area contributed by atoms with Gasteiger partial charge in [-0.25, -0.2) is 5.01 Å². The van der Waals surface area contributed by atoms with Crippen molar-refractivity contribution in [2.45, 2.75) is 11.0 Å². The highest BCUT2D eigenvalue weighted by atomic mass is 32.2. The number of thioether (sulfide) groups is 1. The van der Waals surface area contributed by atoms with E-state index < -0.39 is 16.1 Å². The van der Waals surface area contributed by atoms with Gasteiger partial charge < -0.3 is 0 Å². The van der Waals surface area contributed by atoms with Gasteiger partial charge in [-0.3, -0.25) is 0 Å². The molecular formula is C24H14F3N3S. The van der Waals surface area contributed by atoms with E-state index in [1.807, 2.05) is 66.7 Å². The Morgan fingerprint density at radius 3 is 1.77 bits per heavy atom. The topological polar surface area (TPSA) is 39.4 Å². The summed E-state index contributed by atoms with van der Waals surface area (Å²) in [5.41, 5.74) is 4.23. The van der Waals surface area contributed by atoms with E-state index in [9.17, 15) is 13.2 Å². The van der Waals surface area contributed by atoms with Gasteiger partial charge in [-0.05, 0) is 35.4 Å². The number of hydrogen-bond donors (Lipinski definition) is 0. The van der Waals surface area contributed by atoms with Crippen LogP contribution in [0.5, 0.6) is 0 Å². The summed E-state index contributed by atoms with van der Waals surface area (Å²) in [6.45, 7) is 0. The van der Waals surface area contributed by atoms with Crippen LogP contribution in [0.1, 0.15) is 16.7 Å². The molecule has 152 valence electrons. The molecule has 0 fully saturated rings. The zero-order valence-electron chi connectivity index (χ0n) is 16.0. The Hall–Kier alpha value is -3.50. The average Bonchev–Trinajstić information content (AvgIpc) is 3.27. The van der Waals surface area contributed by atoms with Crippen LogP contribution >= 0.6 is 11.8 Å². The highest BCUT2D eigenvalue weighted by Crippen LogP contribution is 2.69. The molecule has 0 N–H and O–H groups in total. The molecule has 0 aromatic heterocycles. The van der Waals surface area contributed by atoms with E-state index in [2.05, 4.69) is 5.10 Å². The molecular weight excluding hydrogens is 419 g/mol. The number of rotatable bonds is 3. The third kappa shape index (κ3) is 3.11. The van der Waals surface area contributed by atoms with Crippen molar-refractivity contribution in [3.05, 3.63) is 102 Å². The summed E-state index contributed by atoms with van der Waals surface area (Å²) >= 11 is 0.717. The molecule has 3 nitrogen and oxygen atoms in total. The lowest BCUT2D eigenvalue weighted by atomic mass is 10.1. The van der Waals surface area contributed by atoms with Gasteiger partial charge in [0.2, 0.25) is 5.04 Å². The number of anilines is 1. The third-order valence-corrected chi connectivity index (χ3v) is 6.59. The number of hydrazone groups is 1. The molecule has 0 atom stereocenters. The number of alkyl halides is 3. The fourth-order valence-electron chi connectivity index (χ4n) is 3.85.